The zero-order valence-corrected chi connectivity index (χ0v) is 18.3. The molecule has 3 aromatic rings. The van der Waals surface area contributed by atoms with Gasteiger partial charge in [-0.15, -0.1) is 0 Å². The fourth-order valence-corrected chi connectivity index (χ4v) is 3.28. The van der Waals surface area contributed by atoms with E-state index in [1.165, 1.54) is 0 Å². The Labute approximate surface area is 177 Å². The average molecular weight is 410 g/mol. The molecule has 6 heteroatoms. The van der Waals surface area contributed by atoms with Gasteiger partial charge in [-0.2, -0.15) is 0 Å². The molecule has 3 rings (SSSR count). The molecule has 0 unspecified atom stereocenters. The van der Waals surface area contributed by atoms with E-state index >= 15 is 0 Å². The maximum Gasteiger partial charge on any atom is 0.258 e. The van der Waals surface area contributed by atoms with E-state index in [9.17, 15) is 4.79 Å². The number of hydrogen-bond donors (Lipinski definition) is 1. The third kappa shape index (κ3) is 5.19. The quantitative estimate of drug-likeness (QED) is 0.537. The molecule has 0 saturated heterocycles. The van der Waals surface area contributed by atoms with Gasteiger partial charge in [0.05, 0.1) is 18.9 Å². The van der Waals surface area contributed by atoms with Gasteiger partial charge in [0.1, 0.15) is 5.65 Å². The zero-order valence-electron chi connectivity index (χ0n) is 18.3. The van der Waals surface area contributed by atoms with E-state index in [-0.39, 0.29) is 11.6 Å². The number of rotatable bonds is 10. The van der Waals surface area contributed by atoms with Crippen molar-refractivity contribution in [2.75, 3.05) is 13.2 Å². The van der Waals surface area contributed by atoms with Crippen molar-refractivity contribution in [1.82, 2.24) is 14.7 Å². The molecule has 1 aromatic carbocycles. The molecule has 1 N–H and O–H groups in total. The smallest absolute Gasteiger partial charge is 0.258 e. The second-order valence-electron chi connectivity index (χ2n) is 7.45. The molecular formula is C24H31N3O3. The first-order valence-electron chi connectivity index (χ1n) is 10.6. The van der Waals surface area contributed by atoms with Gasteiger partial charge in [-0.3, -0.25) is 9.20 Å². The minimum atomic E-state index is -0.0600. The van der Waals surface area contributed by atoms with E-state index in [0.29, 0.717) is 25.4 Å². The predicted octanol–water partition coefficient (Wildman–Crippen LogP) is 4.43. The number of aryl methyl sites for hydroxylation is 1. The molecule has 1 atom stereocenters. The highest BCUT2D eigenvalue weighted by Gasteiger charge is 2.12. The van der Waals surface area contributed by atoms with Crippen molar-refractivity contribution in [2.45, 2.75) is 53.1 Å². The maximum absolute atomic E-state index is 12.5. The van der Waals surface area contributed by atoms with Crippen LogP contribution in [0.4, 0.5) is 0 Å². The number of fused-ring (bicyclic) bond motifs is 1. The fourth-order valence-electron chi connectivity index (χ4n) is 3.28. The second-order valence-corrected chi connectivity index (χ2v) is 7.45. The summed E-state index contributed by atoms with van der Waals surface area (Å²) in [5.74, 6) is 1.55. The summed E-state index contributed by atoms with van der Waals surface area (Å²) in [6.07, 6.45) is 1.89. The number of nitrogens with one attached hydrogen (secondary N) is 1. The number of pyridine rings is 1. The highest BCUT2D eigenvalue weighted by atomic mass is 16.5. The van der Waals surface area contributed by atoms with Gasteiger partial charge in [0, 0.05) is 24.3 Å². The lowest BCUT2D eigenvalue weighted by atomic mass is 10.1. The van der Waals surface area contributed by atoms with Crippen molar-refractivity contribution in [1.29, 1.82) is 0 Å². The van der Waals surface area contributed by atoms with E-state index in [1.54, 1.807) is 10.5 Å². The molecule has 0 aliphatic rings. The third-order valence-corrected chi connectivity index (χ3v) is 4.91. The van der Waals surface area contributed by atoms with Gasteiger partial charge in [-0.1, -0.05) is 26.0 Å². The summed E-state index contributed by atoms with van der Waals surface area (Å²) in [6.45, 7) is 9.98. The van der Waals surface area contributed by atoms with Crippen molar-refractivity contribution in [3.63, 3.8) is 0 Å². The van der Waals surface area contributed by atoms with E-state index in [4.69, 9.17) is 9.47 Å². The van der Waals surface area contributed by atoms with E-state index in [2.05, 4.69) is 31.1 Å². The Balaban J connectivity index is 1.74. The van der Waals surface area contributed by atoms with Crippen molar-refractivity contribution >= 4 is 5.65 Å². The fraction of sp³-hybridized carbons (Fsp3) is 0.417. The molecule has 0 bridgehead atoms. The first-order chi connectivity index (χ1) is 14.5. The SMILES string of the molecule is CCCOc1ccc([C@@H](C)NCc2cc(=O)n3c(C)cccc3n2)cc1OCCC. The summed E-state index contributed by atoms with van der Waals surface area (Å²) < 4.78 is 13.3. The van der Waals surface area contributed by atoms with E-state index < -0.39 is 0 Å². The summed E-state index contributed by atoms with van der Waals surface area (Å²) in [5.41, 5.74) is 3.30. The lowest BCUT2D eigenvalue weighted by Crippen LogP contribution is -2.23. The van der Waals surface area contributed by atoms with Gasteiger partial charge in [0.15, 0.2) is 11.5 Å². The van der Waals surface area contributed by atoms with Crippen LogP contribution in [-0.2, 0) is 6.54 Å². The summed E-state index contributed by atoms with van der Waals surface area (Å²) in [5, 5.41) is 3.46. The number of hydrogen-bond acceptors (Lipinski definition) is 5. The first kappa shape index (κ1) is 21.8. The molecule has 2 heterocycles. The molecule has 160 valence electrons. The van der Waals surface area contributed by atoms with Gasteiger partial charge in [0.25, 0.3) is 5.56 Å². The Hall–Kier alpha value is -2.86. The second kappa shape index (κ2) is 10.3. The maximum atomic E-state index is 12.5. The van der Waals surface area contributed by atoms with Crippen LogP contribution in [-0.4, -0.2) is 22.6 Å². The molecular weight excluding hydrogens is 378 g/mol. The summed E-state index contributed by atoms with van der Waals surface area (Å²) in [7, 11) is 0. The van der Waals surface area contributed by atoms with Crippen LogP contribution in [0.3, 0.4) is 0 Å². The van der Waals surface area contributed by atoms with Crippen molar-refractivity contribution in [3.05, 3.63) is 69.8 Å². The molecule has 0 amide bonds. The number of aromatic nitrogens is 2. The van der Waals surface area contributed by atoms with Crippen LogP contribution in [0.5, 0.6) is 11.5 Å². The van der Waals surface area contributed by atoms with Crippen LogP contribution in [0.1, 0.15) is 56.6 Å². The summed E-state index contributed by atoms with van der Waals surface area (Å²) in [4.78, 5) is 17.1. The monoisotopic (exact) mass is 409 g/mol. The Morgan fingerprint density at radius 2 is 1.77 bits per heavy atom. The largest absolute Gasteiger partial charge is 0.490 e. The van der Waals surface area contributed by atoms with Crippen LogP contribution in [0.25, 0.3) is 5.65 Å². The Bertz CT molecular complexity index is 1050. The van der Waals surface area contributed by atoms with E-state index in [1.807, 2.05) is 43.3 Å². The molecule has 6 nitrogen and oxygen atoms in total. The van der Waals surface area contributed by atoms with Crippen LogP contribution < -0.4 is 20.3 Å². The minimum Gasteiger partial charge on any atom is -0.490 e. The summed E-state index contributed by atoms with van der Waals surface area (Å²) in [6, 6.07) is 13.4. The molecule has 0 radical (unpaired) electrons. The number of ether oxygens (including phenoxy) is 2. The van der Waals surface area contributed by atoms with Crippen LogP contribution >= 0.6 is 0 Å². The average Bonchev–Trinajstić information content (AvgIpc) is 2.74. The van der Waals surface area contributed by atoms with Gasteiger partial charge in [-0.25, -0.2) is 4.98 Å². The predicted molar refractivity (Wildman–Crippen MR) is 119 cm³/mol. The van der Waals surface area contributed by atoms with Gasteiger partial charge >= 0.3 is 0 Å². The van der Waals surface area contributed by atoms with Crippen molar-refractivity contribution < 1.29 is 9.47 Å². The molecule has 30 heavy (non-hydrogen) atoms. The Kier molecular flexibility index (Phi) is 7.46. The molecule has 0 saturated carbocycles. The zero-order chi connectivity index (χ0) is 21.5. The van der Waals surface area contributed by atoms with Gasteiger partial charge in [-0.05, 0) is 56.5 Å². The Morgan fingerprint density at radius 1 is 1.03 bits per heavy atom. The molecule has 0 fully saturated rings. The number of benzene rings is 1. The highest BCUT2D eigenvalue weighted by Crippen LogP contribution is 2.31. The first-order valence-corrected chi connectivity index (χ1v) is 10.6. The molecule has 2 aromatic heterocycles. The standard InChI is InChI=1S/C24H31N3O3/c1-5-12-29-21-11-10-19(14-22(21)30-13-6-2)18(4)25-16-20-15-24(28)27-17(3)8-7-9-23(27)26-20/h7-11,14-15,18,25H,5-6,12-13,16H2,1-4H3/t18-/m1/s1. The lowest BCUT2D eigenvalue weighted by Gasteiger charge is -2.18. The minimum absolute atomic E-state index is 0.0600. The molecule has 0 aliphatic carbocycles. The normalized spacial score (nSPS) is 12.1. The van der Waals surface area contributed by atoms with Crippen molar-refractivity contribution in [2.24, 2.45) is 0 Å². The summed E-state index contributed by atoms with van der Waals surface area (Å²) >= 11 is 0. The third-order valence-electron chi connectivity index (χ3n) is 4.91. The Morgan fingerprint density at radius 3 is 2.50 bits per heavy atom. The lowest BCUT2D eigenvalue weighted by molar-refractivity contribution is 0.268. The van der Waals surface area contributed by atoms with Crippen LogP contribution in [0.15, 0.2) is 47.3 Å². The highest BCUT2D eigenvalue weighted by molar-refractivity contribution is 5.44. The van der Waals surface area contributed by atoms with Crippen LogP contribution in [0, 0.1) is 6.92 Å². The van der Waals surface area contributed by atoms with Crippen molar-refractivity contribution in [3.8, 4) is 11.5 Å². The van der Waals surface area contributed by atoms with E-state index in [0.717, 1.165) is 41.3 Å². The van der Waals surface area contributed by atoms with Gasteiger partial charge in [0.2, 0.25) is 0 Å². The number of nitrogens with zero attached hydrogens (tertiary/aromatic N) is 2. The van der Waals surface area contributed by atoms with Gasteiger partial charge < -0.3 is 14.8 Å². The molecule has 0 aliphatic heterocycles. The topological polar surface area (TPSA) is 64.9 Å². The van der Waals surface area contributed by atoms with Crippen LogP contribution in [0.2, 0.25) is 0 Å². The molecule has 0 spiro atoms.